The summed E-state index contributed by atoms with van der Waals surface area (Å²) < 4.78 is 6.73. The van der Waals surface area contributed by atoms with Crippen LogP contribution in [0.1, 0.15) is 52.5 Å². The lowest BCUT2D eigenvalue weighted by atomic mass is 9.82. The minimum absolute atomic E-state index is 0.0974. The Labute approximate surface area is 245 Å². The Morgan fingerprint density at radius 2 is 1.80 bits per heavy atom. The van der Waals surface area contributed by atoms with E-state index in [9.17, 15) is 19.5 Å². The molecule has 4 atom stereocenters. The number of rotatable bonds is 11. The van der Waals surface area contributed by atoms with Gasteiger partial charge in [-0.3, -0.25) is 14.5 Å². The Morgan fingerprint density at radius 3 is 2.41 bits per heavy atom. The fourth-order valence-electron chi connectivity index (χ4n) is 6.59. The number of ether oxygens (including phenoxy) is 1. The number of anilines is 3. The second kappa shape index (κ2) is 12.4. The average molecular weight is 577 g/mol. The maximum absolute atomic E-state index is 14.5. The van der Waals surface area contributed by atoms with Crippen LogP contribution >= 0.6 is 0 Å². The number of fused-ring (bicyclic) bond motifs is 2. The first-order valence-corrected chi connectivity index (χ1v) is 17.5. The third kappa shape index (κ3) is 5.97. The molecule has 4 rings (SSSR count). The SMILES string of the molecule is CC(C)=CCC/C(C)=C/CN1C(=O)[C@@]2(O[C@@H](CCO)[C@H]([Si](C)(C)O)[C@H]2C)c2cc(N(C=O)c3ccccc3)ccc21. The van der Waals surface area contributed by atoms with Crippen LogP contribution in [0.3, 0.4) is 0 Å². The van der Waals surface area contributed by atoms with Gasteiger partial charge >= 0.3 is 0 Å². The fourth-order valence-corrected chi connectivity index (χ4v) is 9.19. The van der Waals surface area contributed by atoms with Gasteiger partial charge in [0, 0.05) is 41.5 Å². The van der Waals surface area contributed by atoms with Gasteiger partial charge in [0.25, 0.3) is 5.91 Å². The van der Waals surface area contributed by atoms with Gasteiger partial charge in [0.2, 0.25) is 6.41 Å². The first-order valence-electron chi connectivity index (χ1n) is 14.5. The van der Waals surface area contributed by atoms with Crippen molar-refractivity contribution in [1.29, 1.82) is 0 Å². The molecule has 7 nitrogen and oxygen atoms in total. The monoisotopic (exact) mass is 576 g/mol. The zero-order valence-electron chi connectivity index (χ0n) is 25.1. The van der Waals surface area contributed by atoms with E-state index >= 15 is 0 Å². The number of allylic oxidation sites excluding steroid dienone is 3. The second-order valence-corrected chi connectivity index (χ2v) is 16.1. The zero-order chi connectivity index (χ0) is 29.9. The topological polar surface area (TPSA) is 90.3 Å². The van der Waals surface area contributed by atoms with Crippen molar-refractivity contribution in [2.24, 2.45) is 5.92 Å². The van der Waals surface area contributed by atoms with Crippen molar-refractivity contribution >= 4 is 37.7 Å². The Morgan fingerprint density at radius 1 is 1.10 bits per heavy atom. The first kappa shape index (κ1) is 30.9. The minimum Gasteiger partial charge on any atom is -0.432 e. The van der Waals surface area contributed by atoms with E-state index in [2.05, 4.69) is 32.9 Å². The summed E-state index contributed by atoms with van der Waals surface area (Å²) in [7, 11) is -2.80. The van der Waals surface area contributed by atoms with Crippen LogP contribution in [0, 0.1) is 5.92 Å². The van der Waals surface area contributed by atoms with E-state index in [1.807, 2.05) is 68.5 Å². The summed E-state index contributed by atoms with van der Waals surface area (Å²) >= 11 is 0. The maximum atomic E-state index is 14.5. The van der Waals surface area contributed by atoms with Crippen LogP contribution in [-0.4, -0.2) is 49.8 Å². The van der Waals surface area contributed by atoms with Gasteiger partial charge in [0.1, 0.15) is 0 Å². The van der Waals surface area contributed by atoms with E-state index in [1.54, 1.807) is 9.80 Å². The average Bonchev–Trinajstić information content (AvgIpc) is 3.34. The van der Waals surface area contributed by atoms with Gasteiger partial charge in [-0.15, -0.1) is 0 Å². The van der Waals surface area contributed by atoms with Gasteiger partial charge in [-0.25, -0.2) is 0 Å². The highest BCUT2D eigenvalue weighted by Gasteiger charge is 2.66. The molecule has 2 heterocycles. The van der Waals surface area contributed by atoms with Crippen molar-refractivity contribution in [3.63, 3.8) is 0 Å². The molecule has 8 heteroatoms. The molecule has 2 amide bonds. The Balaban J connectivity index is 1.81. The number of benzene rings is 2. The summed E-state index contributed by atoms with van der Waals surface area (Å²) in [6.07, 6.45) is 6.83. The molecule has 2 aromatic carbocycles. The molecule has 2 aromatic rings. The summed E-state index contributed by atoms with van der Waals surface area (Å²) in [5, 5.41) is 9.87. The lowest BCUT2D eigenvalue weighted by Gasteiger charge is -2.32. The lowest BCUT2D eigenvalue weighted by Crippen LogP contribution is -2.46. The highest BCUT2D eigenvalue weighted by molar-refractivity contribution is 6.71. The predicted molar refractivity (Wildman–Crippen MR) is 167 cm³/mol. The lowest BCUT2D eigenvalue weighted by molar-refractivity contribution is -0.146. The normalized spacial score (nSPS) is 24.1. The highest BCUT2D eigenvalue weighted by Crippen LogP contribution is 2.60. The molecule has 220 valence electrons. The predicted octanol–water partition coefficient (Wildman–Crippen LogP) is 6.20. The van der Waals surface area contributed by atoms with Crippen LogP contribution in [0.15, 0.2) is 71.8 Å². The number of aliphatic hydroxyl groups is 1. The van der Waals surface area contributed by atoms with Crippen LogP contribution in [0.5, 0.6) is 0 Å². The minimum atomic E-state index is -2.80. The molecular weight excluding hydrogens is 532 g/mol. The molecule has 0 aliphatic carbocycles. The maximum Gasteiger partial charge on any atom is 0.264 e. The quantitative estimate of drug-likeness (QED) is 0.189. The summed E-state index contributed by atoms with van der Waals surface area (Å²) in [4.78, 5) is 41.5. The second-order valence-electron chi connectivity index (χ2n) is 12.2. The fraction of sp³-hybridized carbons (Fsp3) is 0.455. The number of amides is 2. The summed E-state index contributed by atoms with van der Waals surface area (Å²) in [6.45, 7) is 12.3. The van der Waals surface area contributed by atoms with E-state index in [4.69, 9.17) is 4.74 Å². The van der Waals surface area contributed by atoms with E-state index in [0.29, 0.717) is 29.9 Å². The molecule has 0 aromatic heterocycles. The van der Waals surface area contributed by atoms with Crippen molar-refractivity contribution in [1.82, 2.24) is 0 Å². The van der Waals surface area contributed by atoms with Gasteiger partial charge in [0.05, 0.1) is 11.8 Å². The van der Waals surface area contributed by atoms with Crippen LogP contribution in [-0.2, 0) is 19.9 Å². The van der Waals surface area contributed by atoms with Gasteiger partial charge < -0.3 is 19.5 Å². The largest absolute Gasteiger partial charge is 0.432 e. The van der Waals surface area contributed by atoms with Gasteiger partial charge in [-0.1, -0.05) is 48.4 Å². The number of carbonyl (C=O) groups is 2. The molecule has 1 saturated heterocycles. The Bertz CT molecular complexity index is 1310. The molecule has 2 aliphatic rings. The summed E-state index contributed by atoms with van der Waals surface area (Å²) in [5.41, 5.74) is 3.71. The summed E-state index contributed by atoms with van der Waals surface area (Å²) in [5.74, 6) is -0.493. The molecule has 0 radical (unpaired) electrons. The molecule has 0 unspecified atom stereocenters. The number of nitrogens with zero attached hydrogens (tertiary/aromatic N) is 2. The van der Waals surface area contributed by atoms with Crippen molar-refractivity contribution in [3.8, 4) is 0 Å². The van der Waals surface area contributed by atoms with Crippen LogP contribution in [0.25, 0.3) is 0 Å². The van der Waals surface area contributed by atoms with Crippen molar-refractivity contribution in [2.75, 3.05) is 23.0 Å². The van der Waals surface area contributed by atoms with E-state index in [-0.39, 0.29) is 24.0 Å². The van der Waals surface area contributed by atoms with E-state index in [1.165, 1.54) is 11.1 Å². The van der Waals surface area contributed by atoms with Crippen molar-refractivity contribution < 1.29 is 24.2 Å². The van der Waals surface area contributed by atoms with Crippen LogP contribution in [0.4, 0.5) is 17.1 Å². The third-order valence-electron chi connectivity index (χ3n) is 8.51. The third-order valence-corrected chi connectivity index (χ3v) is 11.0. The number of hydrogen-bond acceptors (Lipinski definition) is 5. The van der Waals surface area contributed by atoms with Crippen molar-refractivity contribution in [3.05, 3.63) is 77.4 Å². The number of hydrogen-bond donors (Lipinski definition) is 2. The molecule has 2 aliphatic heterocycles. The Kier molecular flexibility index (Phi) is 9.38. The van der Waals surface area contributed by atoms with Crippen LogP contribution < -0.4 is 9.80 Å². The highest BCUT2D eigenvalue weighted by atomic mass is 28.4. The van der Waals surface area contributed by atoms with E-state index < -0.39 is 20.0 Å². The van der Waals surface area contributed by atoms with Crippen molar-refractivity contribution in [2.45, 2.75) is 77.3 Å². The number of para-hydroxylation sites is 1. The molecule has 1 fully saturated rings. The molecule has 0 saturated carbocycles. The van der Waals surface area contributed by atoms with Gasteiger partial charge in [0.15, 0.2) is 13.9 Å². The standard InChI is InChI=1S/C33H44N2O5Si/c1-23(2)11-10-12-24(3)17-19-34-29-16-15-27(35(22-37)26-13-8-7-9-14-26)21-28(29)33(32(34)38)25(4)31(41(5,6)39)30(40-33)18-20-36/h7-9,11,13-17,21-22,25,30-31,36,39H,10,12,18-20H2,1-6H3/b24-17+/t25-,30+,31-,33+/m1/s1. The van der Waals surface area contributed by atoms with Crippen LogP contribution in [0.2, 0.25) is 18.6 Å². The Hall–Kier alpha value is -3.04. The molecule has 0 bridgehead atoms. The first-order chi connectivity index (χ1) is 19.4. The van der Waals surface area contributed by atoms with E-state index in [0.717, 1.165) is 24.9 Å². The molecule has 2 N–H and O–H groups in total. The number of carbonyl (C=O) groups excluding carboxylic acids is 2. The van der Waals surface area contributed by atoms with Gasteiger partial charge in [-0.05, 0) is 83.5 Å². The zero-order valence-corrected chi connectivity index (χ0v) is 26.1. The molecule has 1 spiro atoms. The smallest absolute Gasteiger partial charge is 0.264 e. The molecular formula is C33H44N2O5Si. The summed E-state index contributed by atoms with van der Waals surface area (Å²) in [6, 6.07) is 15.0. The van der Waals surface area contributed by atoms with Gasteiger partial charge in [-0.2, -0.15) is 0 Å². The number of aliphatic hydroxyl groups excluding tert-OH is 1. The molecule has 41 heavy (non-hydrogen) atoms.